The maximum absolute atomic E-state index is 12.1. The highest BCUT2D eigenvalue weighted by atomic mass is 16.2. The van der Waals surface area contributed by atoms with Crippen LogP contribution in [0, 0.1) is 13.8 Å². The lowest BCUT2D eigenvalue weighted by Gasteiger charge is -2.23. The topological polar surface area (TPSA) is 71.8 Å². The zero-order valence-corrected chi connectivity index (χ0v) is 12.3. The number of hydrogen-bond donors (Lipinski definition) is 2. The SMILES string of the molecule is Cc1ccc(C)c(NC(=O)N[C@@H]2CCc3ncnn3C2)c1. The predicted octanol–water partition coefficient (Wildman–Crippen LogP) is 2.03. The fraction of sp³-hybridized carbons (Fsp3) is 0.400. The monoisotopic (exact) mass is 285 g/mol. The number of amides is 2. The smallest absolute Gasteiger partial charge is 0.319 e. The van der Waals surface area contributed by atoms with Crippen LogP contribution in [0.2, 0.25) is 0 Å². The minimum absolute atomic E-state index is 0.0873. The molecule has 0 fully saturated rings. The van der Waals surface area contributed by atoms with Gasteiger partial charge < -0.3 is 10.6 Å². The van der Waals surface area contributed by atoms with Crippen molar-refractivity contribution >= 4 is 11.7 Å². The summed E-state index contributed by atoms with van der Waals surface area (Å²) in [4.78, 5) is 16.3. The summed E-state index contributed by atoms with van der Waals surface area (Å²) in [5, 5.41) is 10.1. The second-order valence-corrected chi connectivity index (χ2v) is 5.51. The molecule has 1 aromatic heterocycles. The third-order valence-electron chi connectivity index (χ3n) is 3.78. The summed E-state index contributed by atoms with van der Waals surface area (Å²) < 4.78 is 1.85. The standard InChI is InChI=1S/C15H19N5O/c1-10-3-4-11(2)13(7-10)19-15(21)18-12-5-6-14-16-9-17-20(14)8-12/h3-4,7,9,12H,5-6,8H2,1-2H3,(H2,18,19,21)/t12-/m1/s1. The van der Waals surface area contributed by atoms with Crippen molar-refractivity contribution < 1.29 is 4.79 Å². The molecule has 0 radical (unpaired) electrons. The van der Waals surface area contributed by atoms with Gasteiger partial charge in [0.1, 0.15) is 12.2 Å². The molecule has 6 heteroatoms. The quantitative estimate of drug-likeness (QED) is 0.887. The highest BCUT2D eigenvalue weighted by molar-refractivity contribution is 5.90. The van der Waals surface area contributed by atoms with Crippen LogP contribution in [0.25, 0.3) is 0 Å². The summed E-state index contributed by atoms with van der Waals surface area (Å²) in [6, 6.07) is 5.94. The third kappa shape index (κ3) is 3.04. The zero-order valence-electron chi connectivity index (χ0n) is 12.3. The Morgan fingerprint density at radius 1 is 1.38 bits per heavy atom. The maximum atomic E-state index is 12.1. The Labute approximate surface area is 123 Å². The van der Waals surface area contributed by atoms with E-state index in [-0.39, 0.29) is 12.1 Å². The van der Waals surface area contributed by atoms with Crippen molar-refractivity contribution in [2.24, 2.45) is 0 Å². The lowest BCUT2D eigenvalue weighted by atomic mass is 10.1. The van der Waals surface area contributed by atoms with Gasteiger partial charge in [-0.3, -0.25) is 0 Å². The first-order chi connectivity index (χ1) is 10.1. The number of rotatable bonds is 2. The average Bonchev–Trinajstić information content (AvgIpc) is 2.90. The maximum Gasteiger partial charge on any atom is 0.319 e. The van der Waals surface area contributed by atoms with Gasteiger partial charge in [-0.15, -0.1) is 0 Å². The predicted molar refractivity (Wildman–Crippen MR) is 80.2 cm³/mol. The van der Waals surface area contributed by atoms with E-state index in [0.29, 0.717) is 6.54 Å². The van der Waals surface area contributed by atoms with Crippen LogP contribution in [0.4, 0.5) is 10.5 Å². The van der Waals surface area contributed by atoms with Gasteiger partial charge in [-0.05, 0) is 37.5 Å². The van der Waals surface area contributed by atoms with Crippen LogP contribution in [0.1, 0.15) is 23.4 Å². The van der Waals surface area contributed by atoms with Gasteiger partial charge in [0, 0.05) is 12.1 Å². The molecule has 2 aromatic rings. The van der Waals surface area contributed by atoms with E-state index < -0.39 is 0 Å². The molecule has 0 spiro atoms. The minimum Gasteiger partial charge on any atom is -0.333 e. The summed E-state index contributed by atoms with van der Waals surface area (Å²) in [5.41, 5.74) is 3.03. The van der Waals surface area contributed by atoms with Crippen molar-refractivity contribution in [3.8, 4) is 0 Å². The highest BCUT2D eigenvalue weighted by Gasteiger charge is 2.21. The fourth-order valence-corrected chi connectivity index (χ4v) is 2.57. The molecule has 2 heterocycles. The highest BCUT2D eigenvalue weighted by Crippen LogP contribution is 2.17. The number of carbonyl (C=O) groups is 1. The first-order valence-electron chi connectivity index (χ1n) is 7.13. The largest absolute Gasteiger partial charge is 0.333 e. The van der Waals surface area contributed by atoms with E-state index in [2.05, 4.69) is 20.7 Å². The minimum atomic E-state index is -0.169. The number of nitrogens with zero attached hydrogens (tertiary/aromatic N) is 3. The second kappa shape index (κ2) is 5.55. The van der Waals surface area contributed by atoms with Crippen molar-refractivity contribution in [2.45, 2.75) is 39.3 Å². The van der Waals surface area contributed by atoms with E-state index in [9.17, 15) is 4.79 Å². The van der Waals surface area contributed by atoms with E-state index in [1.54, 1.807) is 6.33 Å². The van der Waals surface area contributed by atoms with Crippen molar-refractivity contribution in [3.63, 3.8) is 0 Å². The van der Waals surface area contributed by atoms with Gasteiger partial charge in [-0.25, -0.2) is 14.5 Å². The summed E-state index contributed by atoms with van der Waals surface area (Å²) in [5.74, 6) is 0.989. The van der Waals surface area contributed by atoms with Gasteiger partial charge in [0.2, 0.25) is 0 Å². The first kappa shape index (κ1) is 13.6. The van der Waals surface area contributed by atoms with Crippen LogP contribution in [-0.4, -0.2) is 26.8 Å². The molecule has 0 bridgehead atoms. The molecule has 0 aliphatic carbocycles. The average molecular weight is 285 g/mol. The molecule has 1 aliphatic heterocycles. The number of hydrogen-bond acceptors (Lipinski definition) is 3. The molecule has 3 rings (SSSR count). The zero-order chi connectivity index (χ0) is 14.8. The Hall–Kier alpha value is -2.37. The Bertz CT molecular complexity index is 664. The van der Waals surface area contributed by atoms with E-state index in [4.69, 9.17) is 0 Å². The van der Waals surface area contributed by atoms with Crippen LogP contribution in [0.15, 0.2) is 24.5 Å². The number of urea groups is 1. The van der Waals surface area contributed by atoms with Crippen LogP contribution >= 0.6 is 0 Å². The molecule has 0 saturated carbocycles. The lowest BCUT2D eigenvalue weighted by molar-refractivity contribution is 0.243. The molecule has 1 aliphatic rings. The van der Waals surface area contributed by atoms with Gasteiger partial charge in [-0.2, -0.15) is 5.10 Å². The Morgan fingerprint density at radius 3 is 3.10 bits per heavy atom. The summed E-state index contributed by atoms with van der Waals surface area (Å²) >= 11 is 0. The second-order valence-electron chi connectivity index (χ2n) is 5.51. The molecule has 110 valence electrons. The van der Waals surface area contributed by atoms with E-state index >= 15 is 0 Å². The van der Waals surface area contributed by atoms with E-state index in [1.807, 2.05) is 36.7 Å². The molecule has 0 saturated heterocycles. The molecule has 2 amide bonds. The molecule has 1 atom stereocenters. The fourth-order valence-electron chi connectivity index (χ4n) is 2.57. The molecule has 0 unspecified atom stereocenters. The first-order valence-corrected chi connectivity index (χ1v) is 7.13. The normalized spacial score (nSPS) is 17.1. The Kier molecular flexibility index (Phi) is 3.60. The van der Waals surface area contributed by atoms with Gasteiger partial charge in [0.15, 0.2) is 0 Å². The summed E-state index contributed by atoms with van der Waals surface area (Å²) in [6.07, 6.45) is 3.29. The number of carbonyl (C=O) groups excluding carboxylic acids is 1. The lowest BCUT2D eigenvalue weighted by Crippen LogP contribution is -2.43. The number of nitrogens with one attached hydrogen (secondary N) is 2. The van der Waals surface area contributed by atoms with Gasteiger partial charge >= 0.3 is 6.03 Å². The van der Waals surface area contributed by atoms with Gasteiger partial charge in [0.25, 0.3) is 0 Å². The number of fused-ring (bicyclic) bond motifs is 1. The Balaban J connectivity index is 1.61. The summed E-state index contributed by atoms with van der Waals surface area (Å²) in [7, 11) is 0. The Morgan fingerprint density at radius 2 is 2.24 bits per heavy atom. The number of benzene rings is 1. The van der Waals surface area contributed by atoms with Crippen molar-refractivity contribution in [1.82, 2.24) is 20.1 Å². The third-order valence-corrected chi connectivity index (χ3v) is 3.78. The van der Waals surface area contributed by atoms with E-state index in [0.717, 1.165) is 35.5 Å². The number of aryl methyl sites for hydroxylation is 3. The van der Waals surface area contributed by atoms with Crippen molar-refractivity contribution in [2.75, 3.05) is 5.32 Å². The molecule has 21 heavy (non-hydrogen) atoms. The summed E-state index contributed by atoms with van der Waals surface area (Å²) in [6.45, 7) is 4.67. The van der Waals surface area contributed by atoms with Crippen LogP contribution < -0.4 is 10.6 Å². The van der Waals surface area contributed by atoms with Crippen LogP contribution in [0.3, 0.4) is 0 Å². The van der Waals surface area contributed by atoms with Crippen LogP contribution in [0.5, 0.6) is 0 Å². The molecule has 1 aromatic carbocycles. The molecule has 6 nitrogen and oxygen atoms in total. The van der Waals surface area contributed by atoms with Gasteiger partial charge in [0.05, 0.1) is 12.6 Å². The molecular weight excluding hydrogens is 266 g/mol. The molecular formula is C15H19N5O. The van der Waals surface area contributed by atoms with Gasteiger partial charge in [-0.1, -0.05) is 12.1 Å². The van der Waals surface area contributed by atoms with Crippen LogP contribution in [-0.2, 0) is 13.0 Å². The molecule has 2 N–H and O–H groups in total. The van der Waals surface area contributed by atoms with E-state index in [1.165, 1.54) is 0 Å². The number of anilines is 1. The number of aromatic nitrogens is 3. The van der Waals surface area contributed by atoms with Crippen molar-refractivity contribution in [3.05, 3.63) is 41.5 Å². The van der Waals surface area contributed by atoms with Crippen molar-refractivity contribution in [1.29, 1.82) is 0 Å².